The van der Waals surface area contributed by atoms with Crippen molar-refractivity contribution in [1.82, 2.24) is 14.8 Å². The maximum atomic E-state index is 13.3. The lowest BCUT2D eigenvalue weighted by Crippen LogP contribution is -2.11. The summed E-state index contributed by atoms with van der Waals surface area (Å²) in [4.78, 5) is 15.2. The molecule has 0 amide bonds. The first kappa shape index (κ1) is 15.3. The van der Waals surface area contributed by atoms with Gasteiger partial charge in [0.25, 0.3) is 0 Å². The summed E-state index contributed by atoms with van der Waals surface area (Å²) in [6, 6.07) is 3.48. The molecule has 1 unspecified atom stereocenters. The first-order valence-electron chi connectivity index (χ1n) is 6.19. The minimum Gasteiger partial charge on any atom is -0.478 e. The monoisotopic (exact) mass is 311 g/mol. The summed E-state index contributed by atoms with van der Waals surface area (Å²) < 4.78 is 27.3. The van der Waals surface area contributed by atoms with Crippen molar-refractivity contribution in [3.05, 3.63) is 41.7 Å². The molecular weight excluding hydrogens is 297 g/mol. The second-order valence-electron chi connectivity index (χ2n) is 4.65. The predicted molar refractivity (Wildman–Crippen MR) is 73.9 cm³/mol. The molecule has 1 aromatic carbocycles. The van der Waals surface area contributed by atoms with Gasteiger partial charge in [0.2, 0.25) is 0 Å². The molecule has 2 aromatic rings. The Morgan fingerprint density at radius 2 is 2.19 bits per heavy atom. The average Bonchev–Trinajstić information content (AvgIpc) is 2.87. The van der Waals surface area contributed by atoms with Crippen molar-refractivity contribution >= 4 is 16.8 Å². The lowest BCUT2D eigenvalue weighted by molar-refractivity contribution is 0.0691. The molecular formula is C13H14FN3O3S. The molecule has 0 aliphatic rings. The van der Waals surface area contributed by atoms with Crippen LogP contribution in [0.4, 0.5) is 4.39 Å². The number of hydrogen-bond donors (Lipinski definition) is 1. The largest absolute Gasteiger partial charge is 0.478 e. The Morgan fingerprint density at radius 3 is 2.81 bits per heavy atom. The SMILES string of the molecule is CC(C)n1ncnc1CS(=O)c1ccc(F)c(C(=O)O)c1. The van der Waals surface area contributed by atoms with Gasteiger partial charge in [-0.2, -0.15) is 5.10 Å². The minimum atomic E-state index is -1.53. The smallest absolute Gasteiger partial charge is 0.338 e. The molecule has 0 aliphatic carbocycles. The summed E-state index contributed by atoms with van der Waals surface area (Å²) in [6.07, 6.45) is 1.37. The van der Waals surface area contributed by atoms with E-state index in [1.54, 1.807) is 4.68 Å². The second kappa shape index (κ2) is 6.13. The number of nitrogens with zero attached hydrogens (tertiary/aromatic N) is 3. The van der Waals surface area contributed by atoms with Crippen LogP contribution in [0, 0.1) is 5.82 Å². The molecule has 1 heterocycles. The quantitative estimate of drug-likeness (QED) is 0.913. The number of carboxylic acid groups (broad SMARTS) is 1. The molecule has 0 saturated heterocycles. The third-order valence-electron chi connectivity index (χ3n) is 2.83. The maximum Gasteiger partial charge on any atom is 0.338 e. The lowest BCUT2D eigenvalue weighted by Gasteiger charge is -2.09. The molecule has 1 aromatic heterocycles. The Kier molecular flexibility index (Phi) is 4.46. The molecule has 1 atom stereocenters. The van der Waals surface area contributed by atoms with Gasteiger partial charge in [0, 0.05) is 10.9 Å². The highest BCUT2D eigenvalue weighted by Gasteiger charge is 2.16. The van der Waals surface area contributed by atoms with Gasteiger partial charge in [0.15, 0.2) is 0 Å². The predicted octanol–water partition coefficient (Wildman–Crippen LogP) is 2.00. The van der Waals surface area contributed by atoms with E-state index in [-0.39, 0.29) is 16.7 Å². The van der Waals surface area contributed by atoms with E-state index in [9.17, 15) is 13.4 Å². The summed E-state index contributed by atoms with van der Waals surface area (Å²) in [5.41, 5.74) is -0.494. The van der Waals surface area contributed by atoms with E-state index < -0.39 is 28.1 Å². The summed E-state index contributed by atoms with van der Waals surface area (Å²) in [5, 5.41) is 12.9. The molecule has 0 radical (unpaired) electrons. The molecule has 6 nitrogen and oxygen atoms in total. The average molecular weight is 311 g/mol. The highest BCUT2D eigenvalue weighted by molar-refractivity contribution is 7.84. The Hall–Kier alpha value is -2.09. The minimum absolute atomic E-state index is 0.0716. The summed E-state index contributed by atoms with van der Waals surface area (Å²) >= 11 is 0. The van der Waals surface area contributed by atoms with Crippen LogP contribution in [-0.4, -0.2) is 30.0 Å². The van der Waals surface area contributed by atoms with Crippen molar-refractivity contribution in [2.45, 2.75) is 30.5 Å². The van der Waals surface area contributed by atoms with Crippen molar-refractivity contribution in [1.29, 1.82) is 0 Å². The molecule has 0 fully saturated rings. The molecule has 8 heteroatoms. The van der Waals surface area contributed by atoms with Crippen molar-refractivity contribution in [3.63, 3.8) is 0 Å². The fourth-order valence-electron chi connectivity index (χ4n) is 1.82. The summed E-state index contributed by atoms with van der Waals surface area (Å²) in [5.74, 6) is -1.63. The number of aromatic carboxylic acids is 1. The van der Waals surface area contributed by atoms with Crippen LogP contribution in [0.25, 0.3) is 0 Å². The summed E-state index contributed by atoms with van der Waals surface area (Å²) in [6.45, 7) is 3.84. The number of hydrogen-bond acceptors (Lipinski definition) is 4. The van der Waals surface area contributed by atoms with E-state index in [0.29, 0.717) is 5.82 Å². The van der Waals surface area contributed by atoms with Gasteiger partial charge in [-0.15, -0.1) is 0 Å². The first-order chi connectivity index (χ1) is 9.90. The molecule has 21 heavy (non-hydrogen) atoms. The van der Waals surface area contributed by atoms with Gasteiger partial charge in [0.05, 0.1) is 22.1 Å². The third-order valence-corrected chi connectivity index (χ3v) is 4.13. The third kappa shape index (κ3) is 3.33. The number of aromatic nitrogens is 3. The fourth-order valence-corrected chi connectivity index (χ4v) is 2.90. The molecule has 2 rings (SSSR count). The van der Waals surface area contributed by atoms with Crippen LogP contribution in [-0.2, 0) is 16.6 Å². The van der Waals surface area contributed by atoms with Gasteiger partial charge >= 0.3 is 5.97 Å². The van der Waals surface area contributed by atoms with Crippen LogP contribution in [0.1, 0.15) is 36.1 Å². The van der Waals surface area contributed by atoms with Gasteiger partial charge in [-0.1, -0.05) is 0 Å². The van der Waals surface area contributed by atoms with E-state index in [1.165, 1.54) is 12.4 Å². The van der Waals surface area contributed by atoms with Crippen LogP contribution in [0.15, 0.2) is 29.4 Å². The lowest BCUT2D eigenvalue weighted by atomic mass is 10.2. The normalized spacial score (nSPS) is 12.6. The highest BCUT2D eigenvalue weighted by atomic mass is 32.2. The van der Waals surface area contributed by atoms with Crippen molar-refractivity contribution in [2.75, 3.05) is 0 Å². The van der Waals surface area contributed by atoms with Gasteiger partial charge in [-0.3, -0.25) is 4.21 Å². The van der Waals surface area contributed by atoms with E-state index >= 15 is 0 Å². The van der Waals surface area contributed by atoms with Crippen LogP contribution >= 0.6 is 0 Å². The fraction of sp³-hybridized carbons (Fsp3) is 0.308. The van der Waals surface area contributed by atoms with Crippen molar-refractivity contribution in [2.24, 2.45) is 0 Å². The van der Waals surface area contributed by atoms with Crippen LogP contribution in [0.2, 0.25) is 0 Å². The zero-order valence-corrected chi connectivity index (χ0v) is 12.3. The Balaban J connectivity index is 2.27. The van der Waals surface area contributed by atoms with E-state index in [4.69, 9.17) is 5.11 Å². The van der Waals surface area contributed by atoms with Crippen LogP contribution < -0.4 is 0 Å². The molecule has 0 aliphatic heterocycles. The number of halogens is 1. The Morgan fingerprint density at radius 1 is 1.48 bits per heavy atom. The molecule has 0 bridgehead atoms. The molecule has 1 N–H and O–H groups in total. The van der Waals surface area contributed by atoms with E-state index in [2.05, 4.69) is 10.1 Å². The highest BCUT2D eigenvalue weighted by Crippen LogP contribution is 2.17. The van der Waals surface area contributed by atoms with Crippen LogP contribution in [0.3, 0.4) is 0 Å². The van der Waals surface area contributed by atoms with Gasteiger partial charge in [-0.25, -0.2) is 18.9 Å². The number of rotatable bonds is 5. The van der Waals surface area contributed by atoms with Crippen LogP contribution in [0.5, 0.6) is 0 Å². The number of benzene rings is 1. The molecule has 112 valence electrons. The Bertz CT molecular complexity index is 700. The standard InChI is InChI=1S/C13H14FN3O3S/c1-8(2)17-12(15-7-16-17)6-21(20)9-3-4-11(14)10(5-9)13(18)19/h3-5,7-8H,6H2,1-2H3,(H,18,19). The van der Waals surface area contributed by atoms with Gasteiger partial charge in [-0.05, 0) is 32.0 Å². The van der Waals surface area contributed by atoms with Crippen molar-refractivity contribution in [3.8, 4) is 0 Å². The number of carbonyl (C=O) groups is 1. The molecule has 0 saturated carbocycles. The van der Waals surface area contributed by atoms with Gasteiger partial charge < -0.3 is 5.11 Å². The second-order valence-corrected chi connectivity index (χ2v) is 6.10. The molecule has 0 spiro atoms. The zero-order chi connectivity index (χ0) is 15.6. The van der Waals surface area contributed by atoms with Crippen molar-refractivity contribution < 1.29 is 18.5 Å². The van der Waals surface area contributed by atoms with Gasteiger partial charge in [0.1, 0.15) is 18.0 Å². The topological polar surface area (TPSA) is 85.1 Å². The van der Waals surface area contributed by atoms with E-state index in [1.807, 2.05) is 13.8 Å². The number of carboxylic acids is 1. The maximum absolute atomic E-state index is 13.3. The first-order valence-corrected chi connectivity index (χ1v) is 7.51. The summed E-state index contributed by atoms with van der Waals surface area (Å²) in [7, 11) is -1.53. The van der Waals surface area contributed by atoms with E-state index in [0.717, 1.165) is 12.1 Å². The Labute approximate surface area is 123 Å². The zero-order valence-electron chi connectivity index (χ0n) is 11.5.